The van der Waals surface area contributed by atoms with E-state index >= 15 is 0 Å². The Balaban J connectivity index is 2.58. The first-order valence-corrected chi connectivity index (χ1v) is 8.90. The molecular weight excluding hydrogens is 377 g/mol. The number of benzene rings is 1. The Morgan fingerprint density at radius 3 is 2.55 bits per heavy atom. The monoisotopic (exact) mass is 393 g/mol. The van der Waals surface area contributed by atoms with E-state index in [1.54, 1.807) is 13.8 Å². The Morgan fingerprint density at radius 1 is 1.36 bits per heavy atom. The summed E-state index contributed by atoms with van der Waals surface area (Å²) in [5, 5.41) is 0. The smallest absolute Gasteiger partial charge is 0.247 e. The van der Waals surface area contributed by atoms with E-state index in [-0.39, 0.29) is 35.8 Å². The zero-order chi connectivity index (χ0) is 16.7. The molecule has 0 spiro atoms. The Morgan fingerprint density at radius 2 is 2.00 bits per heavy atom. The lowest BCUT2D eigenvalue weighted by Gasteiger charge is -2.40. The van der Waals surface area contributed by atoms with Gasteiger partial charge < -0.3 is 4.74 Å². The fourth-order valence-corrected chi connectivity index (χ4v) is 5.24. The SMILES string of the molecule is COc1c(F)cc(Br)cc1S(=O)(=O)N1CCC(=O)CC1(C)C. The van der Waals surface area contributed by atoms with Gasteiger partial charge in [-0.3, -0.25) is 4.79 Å². The molecule has 0 aliphatic carbocycles. The van der Waals surface area contributed by atoms with Crippen LogP contribution in [0.2, 0.25) is 0 Å². The number of ketones is 1. The molecule has 1 saturated heterocycles. The minimum Gasteiger partial charge on any atom is -0.492 e. The van der Waals surface area contributed by atoms with Gasteiger partial charge in [0.1, 0.15) is 10.7 Å². The highest BCUT2D eigenvalue weighted by Crippen LogP contribution is 2.37. The minimum atomic E-state index is -3.99. The molecule has 0 radical (unpaired) electrons. The number of carbonyl (C=O) groups excluding carboxylic acids is 1. The molecule has 2 rings (SSSR count). The van der Waals surface area contributed by atoms with Gasteiger partial charge in [-0.05, 0) is 26.0 Å². The summed E-state index contributed by atoms with van der Waals surface area (Å²) >= 11 is 3.10. The topological polar surface area (TPSA) is 63.7 Å². The number of ether oxygens (including phenoxy) is 1. The number of hydrogen-bond acceptors (Lipinski definition) is 4. The third kappa shape index (κ3) is 3.04. The largest absolute Gasteiger partial charge is 0.492 e. The summed E-state index contributed by atoms with van der Waals surface area (Å²) in [5.41, 5.74) is -0.863. The zero-order valence-corrected chi connectivity index (χ0v) is 14.9. The molecule has 1 aliphatic heterocycles. The Hall–Kier alpha value is -0.990. The molecule has 0 amide bonds. The third-order valence-corrected chi connectivity index (χ3v) is 6.22. The first-order valence-electron chi connectivity index (χ1n) is 6.67. The van der Waals surface area contributed by atoms with Crippen LogP contribution in [0.15, 0.2) is 21.5 Å². The van der Waals surface area contributed by atoms with Crippen molar-refractivity contribution in [3.63, 3.8) is 0 Å². The second-order valence-electron chi connectivity index (χ2n) is 5.77. The second kappa shape index (κ2) is 5.90. The summed E-state index contributed by atoms with van der Waals surface area (Å²) in [7, 11) is -2.78. The van der Waals surface area contributed by atoms with Crippen LogP contribution in [-0.4, -0.2) is 37.7 Å². The van der Waals surface area contributed by atoms with Crippen LogP contribution in [-0.2, 0) is 14.8 Å². The van der Waals surface area contributed by atoms with Crippen LogP contribution < -0.4 is 4.74 Å². The molecule has 122 valence electrons. The van der Waals surface area contributed by atoms with Crippen molar-refractivity contribution in [3.8, 4) is 5.75 Å². The lowest BCUT2D eigenvalue weighted by atomic mass is 9.92. The minimum absolute atomic E-state index is 0.0174. The molecule has 1 aromatic carbocycles. The van der Waals surface area contributed by atoms with E-state index < -0.39 is 21.4 Å². The maximum Gasteiger partial charge on any atom is 0.247 e. The normalized spacial score (nSPS) is 19.2. The van der Waals surface area contributed by atoms with Gasteiger partial charge in [-0.1, -0.05) is 15.9 Å². The molecule has 5 nitrogen and oxygen atoms in total. The summed E-state index contributed by atoms with van der Waals surface area (Å²) in [5.74, 6) is -1.07. The summed E-state index contributed by atoms with van der Waals surface area (Å²) in [6.45, 7) is 3.44. The lowest BCUT2D eigenvalue weighted by Crippen LogP contribution is -2.52. The van der Waals surface area contributed by atoms with E-state index in [1.807, 2.05) is 0 Å². The highest BCUT2D eigenvalue weighted by molar-refractivity contribution is 9.10. The van der Waals surface area contributed by atoms with Crippen LogP contribution in [0.1, 0.15) is 26.7 Å². The van der Waals surface area contributed by atoms with Gasteiger partial charge in [0.25, 0.3) is 0 Å². The maximum atomic E-state index is 14.0. The van der Waals surface area contributed by atoms with Crippen molar-refractivity contribution in [2.75, 3.05) is 13.7 Å². The number of hydrogen-bond donors (Lipinski definition) is 0. The van der Waals surface area contributed by atoms with Crippen molar-refractivity contribution < 1.29 is 22.3 Å². The average Bonchev–Trinajstić information content (AvgIpc) is 2.36. The number of halogens is 2. The number of methoxy groups -OCH3 is 1. The van der Waals surface area contributed by atoms with Crippen molar-refractivity contribution in [3.05, 3.63) is 22.4 Å². The predicted molar refractivity (Wildman–Crippen MR) is 82.9 cm³/mol. The number of piperidine rings is 1. The highest BCUT2D eigenvalue weighted by Gasteiger charge is 2.43. The first kappa shape index (κ1) is 17.4. The average molecular weight is 394 g/mol. The second-order valence-corrected chi connectivity index (χ2v) is 8.52. The van der Waals surface area contributed by atoms with Crippen LogP contribution in [0.25, 0.3) is 0 Å². The summed E-state index contributed by atoms with van der Waals surface area (Å²) in [6, 6.07) is 2.45. The van der Waals surface area contributed by atoms with Gasteiger partial charge in [-0.2, -0.15) is 4.31 Å². The number of rotatable bonds is 3. The molecule has 8 heteroatoms. The van der Waals surface area contributed by atoms with E-state index in [9.17, 15) is 17.6 Å². The predicted octanol–water partition coefficient (Wildman–Crippen LogP) is 2.73. The molecular formula is C14H17BrFNO4S. The maximum absolute atomic E-state index is 14.0. The van der Waals surface area contributed by atoms with Gasteiger partial charge in [0.2, 0.25) is 10.0 Å². The van der Waals surface area contributed by atoms with Gasteiger partial charge in [0.15, 0.2) is 11.6 Å². The molecule has 1 heterocycles. The van der Waals surface area contributed by atoms with Crippen molar-refractivity contribution in [1.82, 2.24) is 4.31 Å². The summed E-state index contributed by atoms with van der Waals surface area (Å²) in [4.78, 5) is 11.4. The first-order chi connectivity index (χ1) is 10.1. The lowest BCUT2D eigenvalue weighted by molar-refractivity contribution is -0.123. The van der Waals surface area contributed by atoms with Crippen molar-refractivity contribution in [2.24, 2.45) is 0 Å². The highest BCUT2D eigenvalue weighted by atomic mass is 79.9. The number of carbonyl (C=O) groups is 1. The molecule has 0 atom stereocenters. The molecule has 0 unspecified atom stereocenters. The van der Waals surface area contributed by atoms with Crippen LogP contribution in [0, 0.1) is 5.82 Å². The molecule has 0 aromatic heterocycles. The summed E-state index contributed by atoms with van der Waals surface area (Å²) < 4.78 is 46.3. The summed E-state index contributed by atoms with van der Waals surface area (Å²) in [6.07, 6.45) is 0.284. The van der Waals surface area contributed by atoms with Gasteiger partial charge in [0.05, 0.1) is 7.11 Å². The Bertz CT molecular complexity index is 718. The third-order valence-electron chi connectivity index (χ3n) is 3.65. The van der Waals surface area contributed by atoms with E-state index in [2.05, 4.69) is 15.9 Å². The van der Waals surface area contributed by atoms with Crippen LogP contribution in [0.5, 0.6) is 5.75 Å². The van der Waals surface area contributed by atoms with Crippen LogP contribution in [0.3, 0.4) is 0 Å². The zero-order valence-electron chi connectivity index (χ0n) is 12.5. The fraction of sp³-hybridized carbons (Fsp3) is 0.500. The standard InChI is InChI=1S/C14H17BrFNO4S/c1-14(2)8-10(18)4-5-17(14)22(19,20)12-7-9(15)6-11(16)13(12)21-3/h6-7H,4-5,8H2,1-3H3. The van der Waals surface area contributed by atoms with E-state index in [1.165, 1.54) is 17.5 Å². The van der Waals surface area contributed by atoms with E-state index in [0.717, 1.165) is 6.07 Å². The molecule has 0 N–H and O–H groups in total. The van der Waals surface area contributed by atoms with Gasteiger partial charge in [0, 0.05) is 29.4 Å². The van der Waals surface area contributed by atoms with Gasteiger partial charge in [-0.15, -0.1) is 0 Å². The fourth-order valence-electron chi connectivity index (χ4n) is 2.68. The molecule has 22 heavy (non-hydrogen) atoms. The van der Waals surface area contributed by atoms with E-state index in [4.69, 9.17) is 4.74 Å². The number of nitrogens with zero attached hydrogens (tertiary/aromatic N) is 1. The van der Waals surface area contributed by atoms with Crippen molar-refractivity contribution in [2.45, 2.75) is 37.1 Å². The van der Waals surface area contributed by atoms with Crippen molar-refractivity contribution in [1.29, 1.82) is 0 Å². The number of Topliss-reactive ketones (excluding diaryl/α,β-unsaturated/α-hetero) is 1. The number of sulfonamides is 1. The molecule has 1 aliphatic rings. The molecule has 0 bridgehead atoms. The quantitative estimate of drug-likeness (QED) is 0.791. The van der Waals surface area contributed by atoms with E-state index in [0.29, 0.717) is 4.47 Å². The molecule has 1 aromatic rings. The Kier molecular flexibility index (Phi) is 4.66. The molecule has 0 saturated carbocycles. The van der Waals surface area contributed by atoms with Crippen LogP contribution in [0.4, 0.5) is 4.39 Å². The van der Waals surface area contributed by atoms with Gasteiger partial charge in [-0.25, -0.2) is 12.8 Å². The van der Waals surface area contributed by atoms with Crippen molar-refractivity contribution >= 4 is 31.7 Å². The van der Waals surface area contributed by atoms with Crippen LogP contribution >= 0.6 is 15.9 Å². The van der Waals surface area contributed by atoms with Gasteiger partial charge >= 0.3 is 0 Å². The Labute approximate surface area is 137 Å². The molecule has 1 fully saturated rings.